The number of anilines is 4. The number of halogens is 2. The maximum atomic E-state index is 13.1. The molecule has 7 nitrogen and oxygen atoms in total. The van der Waals surface area contributed by atoms with E-state index in [0.717, 1.165) is 14.8 Å². The molecule has 4 N–H and O–H groups in total. The number of amides is 1. The lowest BCUT2D eigenvalue weighted by Gasteiger charge is -2.17. The van der Waals surface area contributed by atoms with E-state index < -0.39 is 15.9 Å². The highest BCUT2D eigenvalue weighted by Crippen LogP contribution is 2.31. The number of aryl methyl sites for hydroxylation is 1. The van der Waals surface area contributed by atoms with Gasteiger partial charge in [0.05, 0.1) is 32.5 Å². The molecule has 0 saturated heterocycles. The van der Waals surface area contributed by atoms with Gasteiger partial charge in [-0.15, -0.1) is 0 Å². The first-order valence-corrected chi connectivity index (χ1v) is 13.7. The number of para-hydroxylation sites is 2. The van der Waals surface area contributed by atoms with Gasteiger partial charge < -0.3 is 5.32 Å². The summed E-state index contributed by atoms with van der Waals surface area (Å²) in [5.74, 6) is -0.456. The van der Waals surface area contributed by atoms with Gasteiger partial charge in [0, 0.05) is 9.26 Å². The summed E-state index contributed by atoms with van der Waals surface area (Å²) < 4.78 is 29.6. The van der Waals surface area contributed by atoms with Gasteiger partial charge in [0.25, 0.3) is 15.9 Å². The largest absolute Gasteiger partial charge is 0.354 e. The second-order valence-corrected chi connectivity index (χ2v) is 11.2. The van der Waals surface area contributed by atoms with Gasteiger partial charge in [-0.2, -0.15) is 0 Å². The smallest absolute Gasteiger partial charge is 0.271 e. The van der Waals surface area contributed by atoms with Crippen LogP contribution in [0.15, 0.2) is 95.9 Å². The van der Waals surface area contributed by atoms with Gasteiger partial charge in [0.2, 0.25) is 0 Å². The quantitative estimate of drug-likeness (QED) is 0.130. The third-order valence-electron chi connectivity index (χ3n) is 5.23. The van der Waals surface area contributed by atoms with Crippen LogP contribution in [0, 0.1) is 10.5 Å². The van der Waals surface area contributed by atoms with Gasteiger partial charge in [0.15, 0.2) is 0 Å². The van der Waals surface area contributed by atoms with E-state index in [-0.39, 0.29) is 16.1 Å². The van der Waals surface area contributed by atoms with E-state index in [1.54, 1.807) is 42.5 Å². The molecule has 0 atom stereocenters. The minimum atomic E-state index is -3.92. The Hall–Kier alpha value is -3.28. The number of hydrogen-bond acceptors (Lipinski definition) is 5. The number of carbonyl (C=O) groups is 1. The van der Waals surface area contributed by atoms with Crippen LogP contribution >= 0.6 is 34.2 Å². The fraction of sp³-hybridized carbons (Fsp3) is 0.0385. The molecule has 0 heterocycles. The SMILES string of the molecule is Cc1ccccc1NNC(=O)c1ccc(S(=O)(=O)Nc2ccccc2)cc1Nc1ccc(I)cc1Cl. The molecule has 0 radical (unpaired) electrons. The van der Waals surface area contributed by atoms with Gasteiger partial charge in [-0.25, -0.2) is 8.42 Å². The second kappa shape index (κ2) is 11.2. The van der Waals surface area contributed by atoms with E-state index in [9.17, 15) is 13.2 Å². The third kappa shape index (κ3) is 6.28. The molecule has 36 heavy (non-hydrogen) atoms. The van der Waals surface area contributed by atoms with Crippen LogP contribution in [-0.2, 0) is 10.0 Å². The average molecular weight is 633 g/mol. The Kier molecular flexibility index (Phi) is 8.02. The van der Waals surface area contributed by atoms with Crippen molar-refractivity contribution in [3.63, 3.8) is 0 Å². The van der Waals surface area contributed by atoms with Crippen LogP contribution in [0.25, 0.3) is 0 Å². The van der Waals surface area contributed by atoms with Crippen LogP contribution in [-0.4, -0.2) is 14.3 Å². The molecule has 0 aliphatic heterocycles. The summed E-state index contributed by atoms with van der Waals surface area (Å²) >= 11 is 8.54. The van der Waals surface area contributed by atoms with Crippen molar-refractivity contribution in [2.75, 3.05) is 15.5 Å². The molecule has 0 spiro atoms. The Labute approximate surface area is 228 Å². The lowest BCUT2D eigenvalue weighted by atomic mass is 10.1. The van der Waals surface area contributed by atoms with Crippen molar-refractivity contribution in [2.24, 2.45) is 0 Å². The third-order valence-corrected chi connectivity index (χ3v) is 7.59. The summed E-state index contributed by atoms with van der Waals surface area (Å²) in [4.78, 5) is 13.1. The van der Waals surface area contributed by atoms with Crippen LogP contribution < -0.4 is 20.9 Å². The van der Waals surface area contributed by atoms with Crippen molar-refractivity contribution < 1.29 is 13.2 Å². The summed E-state index contributed by atoms with van der Waals surface area (Å²) in [6.07, 6.45) is 0. The summed E-state index contributed by atoms with van der Waals surface area (Å²) in [6.45, 7) is 1.92. The van der Waals surface area contributed by atoms with E-state index in [4.69, 9.17) is 11.6 Å². The number of rotatable bonds is 8. The van der Waals surface area contributed by atoms with Gasteiger partial charge in [-0.3, -0.25) is 20.4 Å². The standard InChI is InChI=1S/C26H22ClIN4O3S/c1-17-7-5-6-10-23(17)30-31-26(33)21-13-12-20(36(34,35)32-19-8-3-2-4-9-19)16-25(21)29-24-14-11-18(28)15-22(24)27/h2-16,29-30,32H,1H3,(H,31,33). The summed E-state index contributed by atoms with van der Waals surface area (Å²) in [6, 6.07) is 25.7. The Morgan fingerprint density at radius 3 is 2.28 bits per heavy atom. The van der Waals surface area contributed by atoms with E-state index >= 15 is 0 Å². The van der Waals surface area contributed by atoms with E-state index in [0.29, 0.717) is 16.4 Å². The lowest BCUT2D eigenvalue weighted by molar-refractivity contribution is 0.0963. The fourth-order valence-electron chi connectivity index (χ4n) is 3.35. The molecule has 0 fully saturated rings. The molecule has 0 unspecified atom stereocenters. The topological polar surface area (TPSA) is 99.3 Å². The monoisotopic (exact) mass is 632 g/mol. The summed E-state index contributed by atoms with van der Waals surface area (Å²) in [7, 11) is -3.92. The van der Waals surface area contributed by atoms with Crippen molar-refractivity contribution in [1.29, 1.82) is 0 Å². The minimum absolute atomic E-state index is 0.0149. The van der Waals surface area contributed by atoms with Crippen LogP contribution in [0.4, 0.5) is 22.7 Å². The molecule has 4 aromatic carbocycles. The molecule has 0 aliphatic carbocycles. The van der Waals surface area contributed by atoms with E-state index in [1.165, 1.54) is 18.2 Å². The first kappa shape index (κ1) is 25.8. The maximum Gasteiger partial charge on any atom is 0.271 e. The highest BCUT2D eigenvalue weighted by molar-refractivity contribution is 14.1. The zero-order valence-corrected chi connectivity index (χ0v) is 22.8. The molecule has 10 heteroatoms. The van der Waals surface area contributed by atoms with E-state index in [1.807, 2.05) is 37.3 Å². The predicted octanol–water partition coefficient (Wildman–Crippen LogP) is 6.55. The molecule has 4 aromatic rings. The predicted molar refractivity (Wildman–Crippen MR) is 153 cm³/mol. The normalized spacial score (nSPS) is 11.0. The molecular formula is C26H22ClIN4O3S. The average Bonchev–Trinajstić information content (AvgIpc) is 2.85. The van der Waals surface area contributed by atoms with E-state index in [2.05, 4.69) is 43.5 Å². The molecule has 184 valence electrons. The number of hydrazine groups is 1. The maximum absolute atomic E-state index is 13.1. The van der Waals surface area contributed by atoms with Crippen LogP contribution in [0.2, 0.25) is 5.02 Å². The minimum Gasteiger partial charge on any atom is -0.354 e. The Bertz CT molecular complexity index is 1520. The number of benzene rings is 4. The van der Waals surface area contributed by atoms with Crippen LogP contribution in [0.1, 0.15) is 15.9 Å². The number of sulfonamides is 1. The Morgan fingerprint density at radius 1 is 0.833 bits per heavy atom. The zero-order chi connectivity index (χ0) is 25.7. The van der Waals surface area contributed by atoms with Crippen molar-refractivity contribution in [1.82, 2.24) is 5.43 Å². The molecule has 0 saturated carbocycles. The molecule has 1 amide bonds. The lowest BCUT2D eigenvalue weighted by Crippen LogP contribution is -2.30. The van der Waals surface area contributed by atoms with Gasteiger partial charge in [-0.05, 0) is 89.7 Å². The number of hydrogen-bond donors (Lipinski definition) is 4. The molecular weight excluding hydrogens is 611 g/mol. The Morgan fingerprint density at radius 2 is 1.56 bits per heavy atom. The fourth-order valence-corrected chi connectivity index (χ4v) is 5.34. The van der Waals surface area contributed by atoms with Gasteiger partial charge in [0.1, 0.15) is 0 Å². The second-order valence-electron chi connectivity index (χ2n) is 7.82. The van der Waals surface area contributed by atoms with Crippen molar-refractivity contribution in [3.8, 4) is 0 Å². The molecule has 0 bridgehead atoms. The molecule has 0 aromatic heterocycles. The first-order valence-electron chi connectivity index (χ1n) is 10.8. The molecule has 0 aliphatic rings. The highest BCUT2D eigenvalue weighted by atomic mass is 127. The van der Waals surface area contributed by atoms with Crippen molar-refractivity contribution >= 4 is 72.9 Å². The number of nitrogens with one attached hydrogen (secondary N) is 4. The van der Waals surface area contributed by atoms with Gasteiger partial charge in [-0.1, -0.05) is 48.0 Å². The van der Waals surface area contributed by atoms with Crippen molar-refractivity contribution in [2.45, 2.75) is 11.8 Å². The van der Waals surface area contributed by atoms with Crippen LogP contribution in [0.3, 0.4) is 0 Å². The first-order chi connectivity index (χ1) is 17.2. The van der Waals surface area contributed by atoms with Crippen molar-refractivity contribution in [3.05, 3.63) is 111 Å². The number of carbonyl (C=O) groups excluding carboxylic acids is 1. The zero-order valence-electron chi connectivity index (χ0n) is 19.0. The van der Waals surface area contributed by atoms with Crippen LogP contribution in [0.5, 0.6) is 0 Å². The summed E-state index contributed by atoms with van der Waals surface area (Å²) in [5.41, 5.74) is 8.75. The summed E-state index contributed by atoms with van der Waals surface area (Å²) in [5, 5.41) is 3.55. The Balaban J connectivity index is 1.68. The molecule has 4 rings (SSSR count). The highest BCUT2D eigenvalue weighted by Gasteiger charge is 2.20. The van der Waals surface area contributed by atoms with Gasteiger partial charge >= 0.3 is 0 Å².